The standard InChI is InChI=1S/C25H23FN4O/c1-15(2)16-6-3-7-17(14-16)21-11-4-8-18(28-21)12-13-22(31)24-19-9-5-10-20(26)23(19)29-25(27)30-24/h3-11,14-15H,12-13H2,1-2H3,(H2,27,29,30). The lowest BCUT2D eigenvalue weighted by atomic mass is 9.99. The van der Waals surface area contributed by atoms with E-state index in [1.165, 1.54) is 17.7 Å². The molecule has 156 valence electrons. The Bertz CT molecular complexity index is 1270. The van der Waals surface area contributed by atoms with Gasteiger partial charge in [-0.1, -0.05) is 50.2 Å². The highest BCUT2D eigenvalue weighted by Crippen LogP contribution is 2.24. The maximum atomic E-state index is 14.1. The molecule has 0 fully saturated rings. The minimum Gasteiger partial charge on any atom is -0.368 e. The van der Waals surface area contributed by atoms with Crippen LogP contribution < -0.4 is 5.73 Å². The first-order valence-corrected chi connectivity index (χ1v) is 10.2. The van der Waals surface area contributed by atoms with E-state index in [4.69, 9.17) is 10.7 Å². The monoisotopic (exact) mass is 414 g/mol. The summed E-state index contributed by atoms with van der Waals surface area (Å²) in [5, 5.41) is 0.367. The number of ketones is 1. The van der Waals surface area contributed by atoms with Gasteiger partial charge in [0.15, 0.2) is 5.78 Å². The lowest BCUT2D eigenvalue weighted by Crippen LogP contribution is -2.09. The Hall–Kier alpha value is -3.67. The Kier molecular flexibility index (Phi) is 5.71. The summed E-state index contributed by atoms with van der Waals surface area (Å²) in [6.45, 7) is 4.31. The molecule has 0 radical (unpaired) electrons. The third-order valence-electron chi connectivity index (χ3n) is 5.22. The molecule has 2 N–H and O–H groups in total. The molecule has 0 spiro atoms. The molecule has 6 heteroatoms. The summed E-state index contributed by atoms with van der Waals surface area (Å²) >= 11 is 0. The van der Waals surface area contributed by atoms with Crippen molar-refractivity contribution in [3.8, 4) is 11.3 Å². The third kappa shape index (κ3) is 4.43. The number of hydrogen-bond donors (Lipinski definition) is 1. The van der Waals surface area contributed by atoms with Crippen molar-refractivity contribution in [1.29, 1.82) is 0 Å². The Balaban J connectivity index is 1.56. The highest BCUT2D eigenvalue weighted by Gasteiger charge is 2.16. The number of nitrogen functional groups attached to an aromatic ring is 1. The largest absolute Gasteiger partial charge is 0.368 e. The van der Waals surface area contributed by atoms with Crippen LogP contribution in [0.2, 0.25) is 0 Å². The molecule has 0 aliphatic carbocycles. The van der Waals surface area contributed by atoms with E-state index in [9.17, 15) is 9.18 Å². The first-order valence-electron chi connectivity index (χ1n) is 10.2. The van der Waals surface area contributed by atoms with Crippen molar-refractivity contribution in [2.24, 2.45) is 0 Å². The molecule has 4 aromatic rings. The number of hydrogen-bond acceptors (Lipinski definition) is 5. The van der Waals surface area contributed by atoms with E-state index in [-0.39, 0.29) is 29.4 Å². The van der Waals surface area contributed by atoms with Crippen LogP contribution in [0.5, 0.6) is 0 Å². The molecule has 2 heterocycles. The Labute approximate surface area is 180 Å². The predicted octanol–water partition coefficient (Wildman–Crippen LogP) is 5.35. The quantitative estimate of drug-likeness (QED) is 0.430. The third-order valence-corrected chi connectivity index (χ3v) is 5.22. The molecule has 0 amide bonds. The van der Waals surface area contributed by atoms with Crippen molar-refractivity contribution in [1.82, 2.24) is 15.0 Å². The molecule has 0 saturated carbocycles. The molecule has 0 aliphatic rings. The number of nitrogens with zero attached hydrogens (tertiary/aromatic N) is 3. The number of halogens is 1. The minimum atomic E-state index is -0.529. The lowest BCUT2D eigenvalue weighted by molar-refractivity contribution is 0.0979. The van der Waals surface area contributed by atoms with Crippen molar-refractivity contribution in [3.63, 3.8) is 0 Å². The van der Waals surface area contributed by atoms with Crippen LogP contribution in [0.15, 0.2) is 60.7 Å². The fourth-order valence-corrected chi connectivity index (χ4v) is 3.54. The van der Waals surface area contributed by atoms with Gasteiger partial charge in [0.25, 0.3) is 0 Å². The summed E-state index contributed by atoms with van der Waals surface area (Å²) in [4.78, 5) is 25.6. The number of anilines is 1. The predicted molar refractivity (Wildman–Crippen MR) is 120 cm³/mol. The van der Waals surface area contributed by atoms with Crippen LogP contribution in [-0.2, 0) is 6.42 Å². The van der Waals surface area contributed by atoms with Crippen LogP contribution in [0.3, 0.4) is 0 Å². The second-order valence-electron chi connectivity index (χ2n) is 7.78. The van der Waals surface area contributed by atoms with Crippen molar-refractivity contribution < 1.29 is 9.18 Å². The van der Waals surface area contributed by atoms with Gasteiger partial charge in [0.2, 0.25) is 5.95 Å². The van der Waals surface area contributed by atoms with E-state index in [2.05, 4.69) is 35.9 Å². The molecule has 0 atom stereocenters. The van der Waals surface area contributed by atoms with Gasteiger partial charge in [0.1, 0.15) is 17.0 Å². The SMILES string of the molecule is CC(C)c1cccc(-c2cccc(CCC(=O)c3nc(N)nc4c(F)cccc34)n2)c1. The van der Waals surface area contributed by atoms with Gasteiger partial charge in [-0.15, -0.1) is 0 Å². The van der Waals surface area contributed by atoms with Gasteiger partial charge in [-0.2, -0.15) is 0 Å². The number of carbonyl (C=O) groups excluding carboxylic acids is 1. The highest BCUT2D eigenvalue weighted by molar-refractivity contribution is 6.06. The highest BCUT2D eigenvalue weighted by atomic mass is 19.1. The molecule has 0 unspecified atom stereocenters. The Morgan fingerprint density at radius 2 is 1.77 bits per heavy atom. The van der Waals surface area contributed by atoms with Gasteiger partial charge in [0, 0.05) is 23.1 Å². The summed E-state index contributed by atoms with van der Waals surface area (Å²) in [6, 6.07) is 18.6. The van der Waals surface area contributed by atoms with E-state index >= 15 is 0 Å². The molecule has 0 bridgehead atoms. The number of Topliss-reactive ketones (excluding diaryl/α,β-unsaturated/α-hetero) is 1. The second-order valence-corrected chi connectivity index (χ2v) is 7.78. The van der Waals surface area contributed by atoms with E-state index < -0.39 is 5.82 Å². The van der Waals surface area contributed by atoms with Gasteiger partial charge < -0.3 is 5.73 Å². The second kappa shape index (κ2) is 8.60. The van der Waals surface area contributed by atoms with E-state index in [1.54, 1.807) is 6.07 Å². The molecule has 5 nitrogen and oxygen atoms in total. The number of para-hydroxylation sites is 1. The molecule has 31 heavy (non-hydrogen) atoms. The molecule has 0 saturated heterocycles. The topological polar surface area (TPSA) is 81.8 Å². The number of nitrogens with two attached hydrogens (primary N) is 1. The number of rotatable bonds is 6. The minimum absolute atomic E-state index is 0.0588. The van der Waals surface area contributed by atoms with Crippen LogP contribution in [0, 0.1) is 5.82 Å². The van der Waals surface area contributed by atoms with Gasteiger partial charge in [-0.3, -0.25) is 9.78 Å². The fraction of sp³-hybridized carbons (Fsp3) is 0.200. The van der Waals surface area contributed by atoms with Crippen molar-refractivity contribution in [2.75, 3.05) is 5.73 Å². The Morgan fingerprint density at radius 3 is 2.58 bits per heavy atom. The lowest BCUT2D eigenvalue weighted by Gasteiger charge is -2.09. The number of aryl methyl sites for hydroxylation is 1. The average Bonchev–Trinajstić information content (AvgIpc) is 2.78. The van der Waals surface area contributed by atoms with Crippen LogP contribution in [0.25, 0.3) is 22.2 Å². The van der Waals surface area contributed by atoms with Crippen molar-refractivity contribution in [3.05, 3.63) is 83.4 Å². The zero-order valence-corrected chi connectivity index (χ0v) is 17.5. The van der Waals surface area contributed by atoms with Gasteiger partial charge >= 0.3 is 0 Å². The van der Waals surface area contributed by atoms with Crippen LogP contribution >= 0.6 is 0 Å². The normalized spacial score (nSPS) is 11.2. The van der Waals surface area contributed by atoms with E-state index in [1.807, 2.05) is 30.3 Å². The van der Waals surface area contributed by atoms with Gasteiger partial charge in [-0.05, 0) is 42.2 Å². The van der Waals surface area contributed by atoms with Gasteiger partial charge in [-0.25, -0.2) is 14.4 Å². The van der Waals surface area contributed by atoms with Crippen molar-refractivity contribution in [2.45, 2.75) is 32.6 Å². The van der Waals surface area contributed by atoms with E-state index in [0.29, 0.717) is 17.7 Å². The molecule has 2 aromatic carbocycles. The summed E-state index contributed by atoms with van der Waals surface area (Å²) in [7, 11) is 0. The Morgan fingerprint density at radius 1 is 1.00 bits per heavy atom. The summed E-state index contributed by atoms with van der Waals surface area (Å²) in [5.41, 5.74) is 9.87. The summed E-state index contributed by atoms with van der Waals surface area (Å²) < 4.78 is 14.1. The summed E-state index contributed by atoms with van der Waals surface area (Å²) in [6.07, 6.45) is 0.627. The molecular weight excluding hydrogens is 391 g/mol. The van der Waals surface area contributed by atoms with Crippen molar-refractivity contribution >= 4 is 22.6 Å². The molecule has 2 aromatic heterocycles. The van der Waals surface area contributed by atoms with Crippen LogP contribution in [-0.4, -0.2) is 20.7 Å². The first kappa shape index (κ1) is 20.6. The molecule has 4 rings (SSSR count). The number of fused-ring (bicyclic) bond motifs is 1. The number of aromatic nitrogens is 3. The number of carbonyl (C=O) groups is 1. The molecular formula is C25H23FN4O. The maximum Gasteiger partial charge on any atom is 0.221 e. The smallest absolute Gasteiger partial charge is 0.221 e. The average molecular weight is 414 g/mol. The zero-order chi connectivity index (χ0) is 22.0. The van der Waals surface area contributed by atoms with Gasteiger partial charge in [0.05, 0.1) is 5.69 Å². The number of pyridine rings is 1. The number of benzene rings is 2. The van der Waals surface area contributed by atoms with Crippen LogP contribution in [0.1, 0.15) is 47.9 Å². The maximum absolute atomic E-state index is 14.1. The summed E-state index contributed by atoms with van der Waals surface area (Å²) in [5.74, 6) is -0.441. The molecule has 0 aliphatic heterocycles. The van der Waals surface area contributed by atoms with Crippen LogP contribution in [0.4, 0.5) is 10.3 Å². The van der Waals surface area contributed by atoms with E-state index in [0.717, 1.165) is 17.0 Å². The fourth-order valence-electron chi connectivity index (χ4n) is 3.54. The first-order chi connectivity index (χ1) is 14.9. The zero-order valence-electron chi connectivity index (χ0n) is 17.5.